The molecule has 0 amide bonds. The van der Waals surface area contributed by atoms with Gasteiger partial charge in [0.05, 0.1) is 0 Å². The first-order valence-electron chi connectivity index (χ1n) is 21.0. The molecule has 61 heavy (non-hydrogen) atoms. The molecule has 2 heterocycles. The van der Waals surface area contributed by atoms with Crippen LogP contribution in [0.25, 0.3) is 87.6 Å². The summed E-state index contributed by atoms with van der Waals surface area (Å²) < 4.78 is 13.6. The summed E-state index contributed by atoms with van der Waals surface area (Å²) in [6.45, 7) is 0. The Morgan fingerprint density at radius 2 is 0.787 bits per heavy atom. The van der Waals surface area contributed by atoms with E-state index in [-0.39, 0.29) is 0 Å². The molecule has 2 aliphatic heterocycles. The molecule has 0 aliphatic carbocycles. The Morgan fingerprint density at radius 3 is 1.46 bits per heavy atom. The maximum atomic E-state index is 6.95. The molecule has 0 atom stereocenters. The summed E-state index contributed by atoms with van der Waals surface area (Å²) in [4.78, 5) is 0. The van der Waals surface area contributed by atoms with Gasteiger partial charge in [0.25, 0.3) is 0 Å². The average molecular weight is 793 g/mol. The van der Waals surface area contributed by atoms with E-state index < -0.39 is 8.80 Å². The van der Waals surface area contributed by atoms with Gasteiger partial charge in [-0.25, -0.2) is 0 Å². The Hall–Kier alpha value is -7.72. The fraction of sp³-hybridized carbons (Fsp3) is 0. The van der Waals surface area contributed by atoms with Crippen molar-refractivity contribution in [2.45, 2.75) is 0 Å². The fourth-order valence-electron chi connectivity index (χ4n) is 10.4. The van der Waals surface area contributed by atoms with Crippen LogP contribution in [0.2, 0.25) is 0 Å². The van der Waals surface area contributed by atoms with E-state index in [1.165, 1.54) is 81.1 Å². The lowest BCUT2D eigenvalue weighted by Gasteiger charge is -2.25. The summed E-state index contributed by atoms with van der Waals surface area (Å²) in [5.41, 5.74) is 9.44. The molecule has 13 rings (SSSR count). The molecule has 284 valence electrons. The first-order chi connectivity index (χ1) is 30.3. The van der Waals surface area contributed by atoms with Crippen molar-refractivity contribution in [3.63, 3.8) is 0 Å². The third-order valence-corrected chi connectivity index (χ3v) is 16.1. The molecule has 0 saturated carbocycles. The Kier molecular flexibility index (Phi) is 7.51. The second kappa shape index (κ2) is 13.4. The van der Waals surface area contributed by atoms with Gasteiger partial charge in [-0.15, -0.1) is 0 Å². The van der Waals surface area contributed by atoms with Crippen LogP contribution in [-0.2, 0) is 0 Å². The SMILES string of the molecule is c1ccc([SiH](c2ccccc2)c2ccc3c(c2)Oc2ccc(-c4c5ccccc5c(-c5ccc6c(c5)Oc5cccc7cccc-6c57)c5ccccc45)c4cccc-3c24)cc1. The number of hydrogen-bond acceptors (Lipinski definition) is 2. The Morgan fingerprint density at radius 1 is 0.279 bits per heavy atom. The van der Waals surface area contributed by atoms with Crippen LogP contribution in [0.3, 0.4) is 0 Å². The minimum atomic E-state index is -1.74. The minimum absolute atomic E-state index is 0.884. The summed E-state index contributed by atoms with van der Waals surface area (Å²) >= 11 is 0. The highest BCUT2D eigenvalue weighted by molar-refractivity contribution is 6.95. The predicted molar refractivity (Wildman–Crippen MR) is 257 cm³/mol. The van der Waals surface area contributed by atoms with Crippen LogP contribution < -0.4 is 25.0 Å². The summed E-state index contributed by atoms with van der Waals surface area (Å²) in [6.07, 6.45) is 0. The van der Waals surface area contributed by atoms with E-state index in [4.69, 9.17) is 9.47 Å². The van der Waals surface area contributed by atoms with Gasteiger partial charge < -0.3 is 9.47 Å². The standard InChI is InChI=1S/C58H36O2Si/c1-3-16-38(17-4-1)61(39-18-5-2-6-19-39)40-29-31-42-44-25-13-26-49-50(32-33-52(58(44)49)60-54(42)35-40)57-47-22-9-7-20-45(47)55(46-21-8-10-23-48(46)57)37-28-30-41-43-24-11-14-36-15-12-27-51(56(36)43)59-53(41)34-37/h1-35,61H. The van der Waals surface area contributed by atoms with E-state index in [9.17, 15) is 0 Å². The van der Waals surface area contributed by atoms with Gasteiger partial charge in [0.1, 0.15) is 31.8 Å². The molecule has 0 spiro atoms. The summed E-state index contributed by atoms with van der Waals surface area (Å²) in [6, 6.07) is 77.5. The lowest BCUT2D eigenvalue weighted by molar-refractivity contribution is 0.487. The smallest absolute Gasteiger partial charge is 0.135 e. The summed E-state index contributed by atoms with van der Waals surface area (Å²) in [7, 11) is -1.74. The molecule has 0 saturated heterocycles. The predicted octanol–water partition coefficient (Wildman–Crippen LogP) is 13.4. The molecule has 0 unspecified atom stereocenters. The maximum absolute atomic E-state index is 6.95. The van der Waals surface area contributed by atoms with Crippen molar-refractivity contribution in [2.75, 3.05) is 0 Å². The lowest BCUT2D eigenvalue weighted by atomic mass is 9.83. The topological polar surface area (TPSA) is 18.5 Å². The van der Waals surface area contributed by atoms with Crippen molar-refractivity contribution in [1.82, 2.24) is 0 Å². The summed E-state index contributed by atoms with van der Waals surface area (Å²) in [5, 5.41) is 13.7. The number of benzene rings is 11. The average Bonchev–Trinajstić information content (AvgIpc) is 3.32. The van der Waals surface area contributed by atoms with Crippen molar-refractivity contribution in [3.8, 4) is 67.5 Å². The fourth-order valence-corrected chi connectivity index (χ4v) is 13.3. The molecule has 0 fully saturated rings. The lowest BCUT2D eigenvalue weighted by Crippen LogP contribution is -2.51. The van der Waals surface area contributed by atoms with E-state index in [1.807, 2.05) is 0 Å². The Balaban J connectivity index is 0.976. The van der Waals surface area contributed by atoms with Crippen molar-refractivity contribution in [1.29, 1.82) is 0 Å². The zero-order chi connectivity index (χ0) is 40.0. The Bertz CT molecular complexity index is 3490. The van der Waals surface area contributed by atoms with Crippen LogP contribution >= 0.6 is 0 Å². The number of hydrogen-bond donors (Lipinski definition) is 0. The summed E-state index contributed by atoms with van der Waals surface area (Å²) in [5.74, 6) is 3.61. The molecule has 3 heteroatoms. The highest BCUT2D eigenvalue weighted by Crippen LogP contribution is 2.53. The minimum Gasteiger partial charge on any atom is -0.456 e. The van der Waals surface area contributed by atoms with Gasteiger partial charge in [0.15, 0.2) is 0 Å². The van der Waals surface area contributed by atoms with Crippen LogP contribution in [0, 0.1) is 0 Å². The molecule has 0 N–H and O–H groups in total. The normalized spacial score (nSPS) is 12.3. The van der Waals surface area contributed by atoms with Crippen LogP contribution in [0.1, 0.15) is 0 Å². The largest absolute Gasteiger partial charge is 0.456 e. The molecular formula is C58H36O2Si. The molecule has 0 radical (unpaired) electrons. The maximum Gasteiger partial charge on any atom is 0.135 e. The number of fused-ring (bicyclic) bond motifs is 6. The molecule has 11 aromatic carbocycles. The highest BCUT2D eigenvalue weighted by Gasteiger charge is 2.27. The zero-order valence-corrected chi connectivity index (χ0v) is 34.3. The Labute approximate surface area is 355 Å². The van der Waals surface area contributed by atoms with Gasteiger partial charge in [-0.2, -0.15) is 0 Å². The molecular weight excluding hydrogens is 757 g/mol. The highest BCUT2D eigenvalue weighted by atomic mass is 28.3. The van der Waals surface area contributed by atoms with Crippen LogP contribution in [-0.4, -0.2) is 8.80 Å². The van der Waals surface area contributed by atoms with Crippen molar-refractivity contribution in [3.05, 3.63) is 212 Å². The molecule has 0 bridgehead atoms. The van der Waals surface area contributed by atoms with Crippen molar-refractivity contribution >= 4 is 67.4 Å². The van der Waals surface area contributed by atoms with Crippen LogP contribution in [0.15, 0.2) is 212 Å². The van der Waals surface area contributed by atoms with E-state index in [0.29, 0.717) is 0 Å². The third-order valence-electron chi connectivity index (χ3n) is 13.0. The first kappa shape index (κ1) is 34.2. The monoisotopic (exact) mass is 792 g/mol. The van der Waals surface area contributed by atoms with Crippen molar-refractivity contribution in [2.24, 2.45) is 0 Å². The second-order valence-electron chi connectivity index (χ2n) is 16.3. The van der Waals surface area contributed by atoms with E-state index >= 15 is 0 Å². The zero-order valence-electron chi connectivity index (χ0n) is 33.1. The second-order valence-corrected chi connectivity index (χ2v) is 19.1. The van der Waals surface area contributed by atoms with Gasteiger partial charge in [-0.3, -0.25) is 0 Å². The quantitative estimate of drug-likeness (QED) is 0.0982. The van der Waals surface area contributed by atoms with Crippen LogP contribution in [0.5, 0.6) is 23.0 Å². The van der Waals surface area contributed by atoms with E-state index in [0.717, 1.165) is 45.1 Å². The van der Waals surface area contributed by atoms with Crippen molar-refractivity contribution < 1.29 is 9.47 Å². The van der Waals surface area contributed by atoms with Gasteiger partial charge in [-0.05, 0) is 107 Å². The van der Waals surface area contributed by atoms with Gasteiger partial charge in [-0.1, -0.05) is 186 Å². The van der Waals surface area contributed by atoms with E-state index in [2.05, 4.69) is 212 Å². The molecule has 2 nitrogen and oxygen atoms in total. The number of ether oxygens (including phenoxy) is 2. The third kappa shape index (κ3) is 5.21. The number of rotatable bonds is 5. The molecule has 0 aromatic heterocycles. The van der Waals surface area contributed by atoms with Gasteiger partial charge in [0.2, 0.25) is 0 Å². The molecule has 2 aliphatic rings. The van der Waals surface area contributed by atoms with Crippen LogP contribution in [0.4, 0.5) is 0 Å². The van der Waals surface area contributed by atoms with E-state index in [1.54, 1.807) is 0 Å². The molecule has 11 aromatic rings. The first-order valence-corrected chi connectivity index (χ1v) is 22.8. The van der Waals surface area contributed by atoms with Gasteiger partial charge in [0, 0.05) is 21.9 Å². The van der Waals surface area contributed by atoms with Gasteiger partial charge >= 0.3 is 0 Å².